The van der Waals surface area contributed by atoms with E-state index in [4.69, 9.17) is 0 Å². The summed E-state index contributed by atoms with van der Waals surface area (Å²) in [5.41, 5.74) is 1.38. The molecule has 2 aliphatic carbocycles. The van der Waals surface area contributed by atoms with Crippen molar-refractivity contribution in [3.8, 4) is 0 Å². The number of nitrogens with one attached hydrogen (secondary N) is 1. The third-order valence-corrected chi connectivity index (χ3v) is 4.42. The number of carbonyl (C=O) groups is 1. The molecule has 4 rings (SSSR count). The Morgan fingerprint density at radius 1 is 1.23 bits per heavy atom. The van der Waals surface area contributed by atoms with Gasteiger partial charge >= 0.3 is 0 Å². The van der Waals surface area contributed by atoms with E-state index in [-0.39, 0.29) is 35.0 Å². The van der Waals surface area contributed by atoms with Crippen LogP contribution in [0.3, 0.4) is 0 Å². The fourth-order valence-electron chi connectivity index (χ4n) is 3.33. The molecular formula is C15H15N5O2. The van der Waals surface area contributed by atoms with Gasteiger partial charge in [0.1, 0.15) is 5.76 Å². The summed E-state index contributed by atoms with van der Waals surface area (Å²) in [7, 11) is 0. The largest absolute Gasteiger partial charge is 0.510 e. The van der Waals surface area contributed by atoms with E-state index < -0.39 is 0 Å². The van der Waals surface area contributed by atoms with Gasteiger partial charge in [0.15, 0.2) is 17.1 Å². The molecule has 2 aromatic rings. The van der Waals surface area contributed by atoms with Crippen LogP contribution in [0.4, 0.5) is 5.95 Å². The molecule has 0 amide bonds. The van der Waals surface area contributed by atoms with Gasteiger partial charge in [0.2, 0.25) is 5.95 Å². The zero-order valence-corrected chi connectivity index (χ0v) is 11.9. The van der Waals surface area contributed by atoms with Crippen molar-refractivity contribution < 1.29 is 9.90 Å². The molecular weight excluding hydrogens is 282 g/mol. The second kappa shape index (κ2) is 5.01. The lowest BCUT2D eigenvalue weighted by molar-refractivity contribution is -0.120. The van der Waals surface area contributed by atoms with Crippen molar-refractivity contribution in [1.29, 1.82) is 0 Å². The van der Waals surface area contributed by atoms with Crippen molar-refractivity contribution in [3.05, 3.63) is 29.8 Å². The van der Waals surface area contributed by atoms with Crippen LogP contribution in [0.25, 0.3) is 11.2 Å². The second-order valence-electron chi connectivity index (χ2n) is 5.73. The SMILES string of the molecule is O=C1C(N=Nc2nc3ncccc3[nH]2)=C(O)C2CCCCC12. The summed E-state index contributed by atoms with van der Waals surface area (Å²) in [5, 5.41) is 18.2. The Balaban J connectivity index is 1.64. The van der Waals surface area contributed by atoms with Gasteiger partial charge in [-0.15, -0.1) is 10.2 Å². The van der Waals surface area contributed by atoms with E-state index in [0.29, 0.717) is 5.65 Å². The van der Waals surface area contributed by atoms with Crippen LogP contribution < -0.4 is 0 Å². The fraction of sp³-hybridized carbons (Fsp3) is 0.400. The normalized spacial score (nSPS) is 25.4. The van der Waals surface area contributed by atoms with Crippen molar-refractivity contribution in [2.45, 2.75) is 25.7 Å². The van der Waals surface area contributed by atoms with Crippen LogP contribution in [0.15, 0.2) is 40.0 Å². The lowest BCUT2D eigenvalue weighted by atomic mass is 9.80. The maximum Gasteiger partial charge on any atom is 0.249 e. The van der Waals surface area contributed by atoms with Crippen molar-refractivity contribution in [1.82, 2.24) is 15.0 Å². The Kier molecular flexibility index (Phi) is 2.99. The number of hydrogen-bond donors (Lipinski definition) is 2. The number of nitrogens with zero attached hydrogens (tertiary/aromatic N) is 4. The number of aromatic nitrogens is 3. The first-order valence-electron chi connectivity index (χ1n) is 7.44. The number of H-pyrrole nitrogens is 1. The molecule has 2 aliphatic rings. The molecule has 22 heavy (non-hydrogen) atoms. The Morgan fingerprint density at radius 2 is 2.05 bits per heavy atom. The van der Waals surface area contributed by atoms with Gasteiger partial charge in [-0.1, -0.05) is 12.8 Å². The smallest absolute Gasteiger partial charge is 0.249 e. The first-order valence-corrected chi connectivity index (χ1v) is 7.44. The molecule has 0 bridgehead atoms. The first kappa shape index (κ1) is 13.1. The predicted molar refractivity (Wildman–Crippen MR) is 78.5 cm³/mol. The molecule has 2 heterocycles. The molecule has 0 aliphatic heterocycles. The maximum atomic E-state index is 12.3. The van der Waals surface area contributed by atoms with Gasteiger partial charge in [-0.2, -0.15) is 4.98 Å². The number of aromatic amines is 1. The molecule has 0 saturated heterocycles. The molecule has 1 saturated carbocycles. The van der Waals surface area contributed by atoms with Crippen LogP contribution in [0.2, 0.25) is 0 Å². The predicted octanol–water partition coefficient (Wildman–Crippen LogP) is 3.20. The highest BCUT2D eigenvalue weighted by molar-refractivity contribution is 6.00. The van der Waals surface area contributed by atoms with Crippen molar-refractivity contribution >= 4 is 22.9 Å². The summed E-state index contributed by atoms with van der Waals surface area (Å²) in [6.07, 6.45) is 5.37. The zero-order valence-electron chi connectivity index (χ0n) is 11.9. The second-order valence-corrected chi connectivity index (χ2v) is 5.73. The van der Waals surface area contributed by atoms with E-state index in [1.807, 2.05) is 6.07 Å². The summed E-state index contributed by atoms with van der Waals surface area (Å²) >= 11 is 0. The minimum atomic E-state index is -0.125. The number of azo groups is 1. The summed E-state index contributed by atoms with van der Waals surface area (Å²) in [5.74, 6) is 0.0668. The zero-order chi connectivity index (χ0) is 15.1. The molecule has 2 atom stereocenters. The van der Waals surface area contributed by atoms with Gasteiger partial charge in [0.05, 0.1) is 5.52 Å². The molecule has 2 aromatic heterocycles. The van der Waals surface area contributed by atoms with E-state index in [2.05, 4.69) is 25.2 Å². The Bertz CT molecular complexity index is 774. The number of pyridine rings is 1. The lowest BCUT2D eigenvalue weighted by Gasteiger charge is -2.23. The highest BCUT2D eigenvalue weighted by Gasteiger charge is 2.43. The molecule has 7 nitrogen and oxygen atoms in total. The Hall–Kier alpha value is -2.57. The van der Waals surface area contributed by atoms with Crippen LogP contribution >= 0.6 is 0 Å². The number of rotatable bonds is 2. The van der Waals surface area contributed by atoms with Gasteiger partial charge in [-0.3, -0.25) is 4.79 Å². The number of aliphatic hydroxyl groups is 1. The molecule has 112 valence electrons. The van der Waals surface area contributed by atoms with Crippen LogP contribution in [0.5, 0.6) is 0 Å². The lowest BCUT2D eigenvalue weighted by Crippen LogP contribution is -2.21. The number of hydrogen-bond acceptors (Lipinski definition) is 6. The van der Waals surface area contributed by atoms with Crippen LogP contribution in [0.1, 0.15) is 25.7 Å². The highest BCUT2D eigenvalue weighted by atomic mass is 16.3. The van der Waals surface area contributed by atoms with Gasteiger partial charge in [0, 0.05) is 18.0 Å². The molecule has 1 fully saturated rings. The van der Waals surface area contributed by atoms with Crippen LogP contribution in [-0.4, -0.2) is 25.8 Å². The standard InChI is InChI=1S/C15H15N5O2/c21-12-8-4-1-2-5-9(8)13(22)11(12)19-20-15-17-10-6-3-7-16-14(10)18-15/h3,6-9,21H,1-2,4-5H2,(H,16,17,18). The summed E-state index contributed by atoms with van der Waals surface area (Å²) in [6.45, 7) is 0. The molecule has 0 radical (unpaired) electrons. The quantitative estimate of drug-likeness (QED) is 0.830. The van der Waals surface area contributed by atoms with Crippen molar-refractivity contribution in [2.24, 2.45) is 22.1 Å². The number of Topliss-reactive ketones (excluding diaryl/α,β-unsaturated/α-hetero) is 1. The Morgan fingerprint density at radius 3 is 2.82 bits per heavy atom. The molecule has 0 spiro atoms. The average molecular weight is 297 g/mol. The molecule has 2 unspecified atom stereocenters. The Labute approximate surface area is 126 Å². The fourth-order valence-corrected chi connectivity index (χ4v) is 3.33. The highest BCUT2D eigenvalue weighted by Crippen LogP contribution is 2.43. The van der Waals surface area contributed by atoms with Gasteiger partial charge in [0.25, 0.3) is 0 Å². The van der Waals surface area contributed by atoms with E-state index in [0.717, 1.165) is 31.2 Å². The number of imidazole rings is 1. The van der Waals surface area contributed by atoms with Gasteiger partial charge in [-0.25, -0.2) is 4.98 Å². The third-order valence-electron chi connectivity index (χ3n) is 4.42. The van der Waals surface area contributed by atoms with Crippen LogP contribution in [0, 0.1) is 11.8 Å². The topological polar surface area (TPSA) is 104 Å². The van der Waals surface area contributed by atoms with Crippen molar-refractivity contribution in [3.63, 3.8) is 0 Å². The minimum Gasteiger partial charge on any atom is -0.510 e. The average Bonchev–Trinajstić information content (AvgIpc) is 3.06. The summed E-state index contributed by atoms with van der Waals surface area (Å²) in [4.78, 5) is 23.6. The van der Waals surface area contributed by atoms with E-state index in [1.165, 1.54) is 0 Å². The molecule has 7 heteroatoms. The number of fused-ring (bicyclic) bond motifs is 2. The molecule has 0 aromatic carbocycles. The number of allylic oxidation sites excluding steroid dienone is 2. The van der Waals surface area contributed by atoms with E-state index in [1.54, 1.807) is 12.3 Å². The van der Waals surface area contributed by atoms with Gasteiger partial charge < -0.3 is 10.1 Å². The third kappa shape index (κ3) is 2.01. The van der Waals surface area contributed by atoms with Crippen LogP contribution in [-0.2, 0) is 4.79 Å². The monoisotopic (exact) mass is 297 g/mol. The summed E-state index contributed by atoms with van der Waals surface area (Å²) < 4.78 is 0. The molecule has 2 N–H and O–H groups in total. The number of carbonyl (C=O) groups excluding carboxylic acids is 1. The number of ketones is 1. The van der Waals surface area contributed by atoms with E-state index >= 15 is 0 Å². The number of aliphatic hydroxyl groups excluding tert-OH is 1. The van der Waals surface area contributed by atoms with E-state index in [9.17, 15) is 9.90 Å². The maximum absolute atomic E-state index is 12.3. The van der Waals surface area contributed by atoms with Gasteiger partial charge in [-0.05, 0) is 25.0 Å². The van der Waals surface area contributed by atoms with Crippen molar-refractivity contribution in [2.75, 3.05) is 0 Å². The summed E-state index contributed by atoms with van der Waals surface area (Å²) in [6, 6.07) is 3.63. The first-order chi connectivity index (χ1) is 10.7. The minimum absolute atomic E-state index is 0.0764.